The number of ether oxygens (including phenoxy) is 3. The second-order valence-corrected chi connectivity index (χ2v) is 5.20. The zero-order chi connectivity index (χ0) is 13.1. The molecule has 0 saturated heterocycles. The average Bonchev–Trinajstić information content (AvgIpc) is 2.82. The topological polar surface area (TPSA) is 65.1 Å². The molecule has 0 radical (unpaired) electrons. The first-order chi connectivity index (χ1) is 8.58. The van der Waals surface area contributed by atoms with Crippen LogP contribution >= 0.6 is 10.7 Å². The number of fused-ring (bicyclic) bond motifs is 1. The van der Waals surface area contributed by atoms with Crippen molar-refractivity contribution in [3.8, 4) is 11.5 Å². The summed E-state index contributed by atoms with van der Waals surface area (Å²) in [5, 5.41) is 0. The van der Waals surface area contributed by atoms with Gasteiger partial charge in [-0.05, 0) is 17.7 Å². The van der Waals surface area contributed by atoms with Crippen LogP contribution < -0.4 is 9.47 Å². The van der Waals surface area contributed by atoms with Gasteiger partial charge in [-0.1, -0.05) is 6.07 Å². The number of hydrogen-bond donors (Lipinski definition) is 0. The normalized spacial score (nSPS) is 14.1. The van der Waals surface area contributed by atoms with Crippen LogP contribution in [-0.2, 0) is 21.5 Å². The summed E-state index contributed by atoms with van der Waals surface area (Å²) in [6.07, 6.45) is -0.763. The molecule has 98 valence electrons. The van der Waals surface area contributed by atoms with Gasteiger partial charge >= 0.3 is 6.09 Å². The first kappa shape index (κ1) is 13.0. The maximum atomic E-state index is 11.4. The molecule has 1 aliphatic heterocycles. The number of halogens is 1. The predicted molar refractivity (Wildman–Crippen MR) is 64.5 cm³/mol. The molecule has 1 aliphatic rings. The van der Waals surface area contributed by atoms with Gasteiger partial charge in [-0.25, -0.2) is 13.3 Å². The summed E-state index contributed by atoms with van der Waals surface area (Å²) in [5.74, 6) is 1.27. The van der Waals surface area contributed by atoms with Gasteiger partial charge in [0.15, 0.2) is 11.5 Å². The average molecular weight is 292 g/mol. The Kier molecular flexibility index (Phi) is 3.93. The van der Waals surface area contributed by atoms with Gasteiger partial charge in [0.1, 0.15) is 6.61 Å². The lowest BCUT2D eigenvalue weighted by atomic mass is 10.2. The fourth-order valence-electron chi connectivity index (χ4n) is 1.33. The molecule has 1 amide bonds. The van der Waals surface area contributed by atoms with Crippen LogP contribution in [0.2, 0.25) is 0 Å². The first-order valence-electron chi connectivity index (χ1n) is 4.95. The molecule has 2 rings (SSSR count). The molecule has 1 unspecified atom stereocenters. The molecular formula is C10H10ClNO5S. The van der Waals surface area contributed by atoms with Gasteiger partial charge in [-0.15, -0.1) is 0 Å². The molecule has 1 aromatic rings. The van der Waals surface area contributed by atoms with Crippen molar-refractivity contribution >= 4 is 27.0 Å². The molecule has 0 bridgehead atoms. The summed E-state index contributed by atoms with van der Waals surface area (Å²) in [5.41, 5.74) is 0.737. The number of amides is 1. The van der Waals surface area contributed by atoms with Crippen molar-refractivity contribution in [3.63, 3.8) is 0 Å². The minimum atomic E-state index is -1.91. The van der Waals surface area contributed by atoms with Crippen molar-refractivity contribution in [1.82, 2.24) is 4.31 Å². The molecule has 1 aromatic carbocycles. The van der Waals surface area contributed by atoms with Crippen LogP contribution in [0.15, 0.2) is 18.2 Å². The maximum Gasteiger partial charge on any atom is 0.422 e. The van der Waals surface area contributed by atoms with Crippen molar-refractivity contribution in [2.45, 2.75) is 6.61 Å². The first-order valence-corrected chi connectivity index (χ1v) is 6.88. The van der Waals surface area contributed by atoms with Crippen molar-refractivity contribution in [2.24, 2.45) is 0 Å². The quantitative estimate of drug-likeness (QED) is 0.795. The Morgan fingerprint density at radius 3 is 2.94 bits per heavy atom. The lowest BCUT2D eigenvalue weighted by Crippen LogP contribution is -2.26. The van der Waals surface area contributed by atoms with Crippen LogP contribution in [0.5, 0.6) is 11.5 Å². The molecule has 8 heteroatoms. The van der Waals surface area contributed by atoms with Crippen LogP contribution in [0.3, 0.4) is 0 Å². The minimum absolute atomic E-state index is 0.0356. The summed E-state index contributed by atoms with van der Waals surface area (Å²) in [4.78, 5) is 11.4. The fourth-order valence-corrected chi connectivity index (χ4v) is 1.66. The Balaban J connectivity index is 1.94. The van der Waals surface area contributed by atoms with Crippen LogP contribution in [0.1, 0.15) is 5.56 Å². The number of hydrogen-bond acceptors (Lipinski definition) is 5. The van der Waals surface area contributed by atoms with Crippen LogP contribution in [0.25, 0.3) is 0 Å². The summed E-state index contributed by atoms with van der Waals surface area (Å²) < 4.78 is 26.9. The Morgan fingerprint density at radius 2 is 2.22 bits per heavy atom. The van der Waals surface area contributed by atoms with E-state index in [4.69, 9.17) is 24.9 Å². The van der Waals surface area contributed by atoms with E-state index in [1.165, 1.54) is 7.05 Å². The predicted octanol–water partition coefficient (Wildman–Crippen LogP) is 1.80. The van der Waals surface area contributed by atoms with E-state index in [2.05, 4.69) is 0 Å². The van der Waals surface area contributed by atoms with Gasteiger partial charge in [-0.2, -0.15) is 0 Å². The summed E-state index contributed by atoms with van der Waals surface area (Å²) in [6, 6.07) is 5.20. The van der Waals surface area contributed by atoms with Gasteiger partial charge in [-0.3, -0.25) is 0 Å². The largest absolute Gasteiger partial charge is 0.454 e. The lowest BCUT2D eigenvalue weighted by Gasteiger charge is -2.12. The molecule has 0 N–H and O–H groups in total. The Bertz CT molecular complexity index is 495. The maximum absolute atomic E-state index is 11.4. The lowest BCUT2D eigenvalue weighted by molar-refractivity contribution is 0.125. The third-order valence-corrected chi connectivity index (χ3v) is 3.47. The van der Waals surface area contributed by atoms with E-state index in [-0.39, 0.29) is 13.4 Å². The summed E-state index contributed by atoms with van der Waals surface area (Å²) in [6.45, 7) is 0.223. The van der Waals surface area contributed by atoms with Crippen molar-refractivity contribution in [2.75, 3.05) is 13.8 Å². The highest BCUT2D eigenvalue weighted by Gasteiger charge is 2.17. The van der Waals surface area contributed by atoms with E-state index in [9.17, 15) is 9.00 Å². The van der Waals surface area contributed by atoms with Crippen LogP contribution in [0.4, 0.5) is 4.79 Å². The minimum Gasteiger partial charge on any atom is -0.454 e. The highest BCUT2D eigenvalue weighted by Crippen LogP contribution is 2.32. The van der Waals surface area contributed by atoms with E-state index in [1.807, 2.05) is 0 Å². The van der Waals surface area contributed by atoms with Crippen molar-refractivity contribution in [1.29, 1.82) is 0 Å². The van der Waals surface area contributed by atoms with Crippen LogP contribution in [0, 0.1) is 0 Å². The van der Waals surface area contributed by atoms with Gasteiger partial charge < -0.3 is 14.2 Å². The van der Waals surface area contributed by atoms with Gasteiger partial charge in [0.05, 0.1) is 0 Å². The molecular weight excluding hydrogens is 282 g/mol. The molecule has 0 fully saturated rings. The van der Waals surface area contributed by atoms with E-state index in [0.29, 0.717) is 11.5 Å². The van der Waals surface area contributed by atoms with E-state index in [0.717, 1.165) is 9.87 Å². The molecule has 0 spiro atoms. The standard InChI is InChI=1S/C10H10ClNO5S/c1-12(18(11)14)10(13)15-5-7-2-3-8-9(4-7)17-6-16-8/h2-4H,5-6H2,1H3. The van der Waals surface area contributed by atoms with Gasteiger partial charge in [0.25, 0.3) is 0 Å². The summed E-state index contributed by atoms with van der Waals surface area (Å²) in [7, 11) is 4.61. The van der Waals surface area contributed by atoms with Gasteiger partial charge in [0, 0.05) is 17.7 Å². The second-order valence-electron chi connectivity index (χ2n) is 3.45. The molecule has 0 aliphatic carbocycles. The third-order valence-electron chi connectivity index (χ3n) is 2.27. The highest BCUT2D eigenvalue weighted by atomic mass is 35.7. The fraction of sp³-hybridized carbons (Fsp3) is 0.300. The number of benzene rings is 1. The summed E-state index contributed by atoms with van der Waals surface area (Å²) >= 11 is 0. The van der Waals surface area contributed by atoms with E-state index < -0.39 is 16.3 Å². The molecule has 0 saturated carbocycles. The number of carbonyl (C=O) groups excluding carboxylic acids is 1. The number of carbonyl (C=O) groups is 1. The van der Waals surface area contributed by atoms with Crippen molar-refractivity contribution < 1.29 is 23.2 Å². The Morgan fingerprint density at radius 1 is 1.50 bits per heavy atom. The molecule has 18 heavy (non-hydrogen) atoms. The third kappa shape index (κ3) is 2.85. The van der Waals surface area contributed by atoms with Crippen LogP contribution in [-0.4, -0.2) is 28.4 Å². The SMILES string of the molecule is CN(C(=O)OCc1ccc2c(c1)OCO2)S(=O)Cl. The highest BCUT2D eigenvalue weighted by molar-refractivity contribution is 8.06. The second kappa shape index (κ2) is 5.45. The smallest absolute Gasteiger partial charge is 0.422 e. The van der Waals surface area contributed by atoms with Crippen molar-refractivity contribution in [3.05, 3.63) is 23.8 Å². The molecule has 1 atom stereocenters. The number of rotatable bonds is 3. The molecule has 0 aromatic heterocycles. The zero-order valence-corrected chi connectivity index (χ0v) is 11.0. The monoisotopic (exact) mass is 291 g/mol. The zero-order valence-electron chi connectivity index (χ0n) is 9.42. The molecule has 1 heterocycles. The van der Waals surface area contributed by atoms with E-state index >= 15 is 0 Å². The van der Waals surface area contributed by atoms with E-state index in [1.54, 1.807) is 18.2 Å². The Hall–Kier alpha value is -1.47. The Labute approximate surface area is 110 Å². The van der Waals surface area contributed by atoms with Gasteiger partial charge in [0.2, 0.25) is 17.0 Å². The number of nitrogens with zero attached hydrogens (tertiary/aromatic N) is 1. The molecule has 6 nitrogen and oxygen atoms in total.